The first-order valence-electron chi connectivity index (χ1n) is 12.3. The van der Waals surface area contributed by atoms with Crippen LogP contribution in [0.15, 0.2) is 66.6 Å². The molecule has 0 bridgehead atoms. The number of nitrogens with two attached hydrogens (primary N) is 2. The molecule has 40 heavy (non-hydrogen) atoms. The van der Waals surface area contributed by atoms with Gasteiger partial charge in [-0.05, 0) is 60.2 Å². The molecule has 0 aliphatic rings. The highest BCUT2D eigenvalue weighted by molar-refractivity contribution is 6.06. The fourth-order valence-corrected chi connectivity index (χ4v) is 3.57. The number of hydrazine groups is 1. The largest absolute Gasteiger partial charge is 0.393 e. The number of allylic oxidation sites excluding steroid dienone is 1. The Bertz CT molecular complexity index is 1270. The van der Waals surface area contributed by atoms with Crippen molar-refractivity contribution in [2.45, 2.75) is 38.3 Å². The number of aromatic nitrogens is 1. The van der Waals surface area contributed by atoms with Gasteiger partial charge in [-0.2, -0.15) is 13.2 Å². The maximum Gasteiger partial charge on any atom is 0.393 e. The zero-order chi connectivity index (χ0) is 29.7. The van der Waals surface area contributed by atoms with Crippen LogP contribution in [-0.2, 0) is 22.4 Å². The Labute approximate surface area is 230 Å². The van der Waals surface area contributed by atoms with Crippen LogP contribution < -0.4 is 22.2 Å². The predicted octanol–water partition coefficient (Wildman–Crippen LogP) is 2.96. The van der Waals surface area contributed by atoms with Gasteiger partial charge in [0.2, 0.25) is 5.91 Å². The fraction of sp³-hybridized carbons (Fsp3) is 0.296. The number of pyridine rings is 1. The van der Waals surface area contributed by atoms with Crippen molar-refractivity contribution in [3.63, 3.8) is 0 Å². The number of halogens is 3. The van der Waals surface area contributed by atoms with Gasteiger partial charge in [0, 0.05) is 31.7 Å². The third kappa shape index (κ3) is 11.9. The van der Waals surface area contributed by atoms with Crippen molar-refractivity contribution in [3.05, 3.63) is 77.9 Å². The first kappa shape index (κ1) is 31.7. The van der Waals surface area contributed by atoms with Crippen molar-refractivity contribution in [2.75, 3.05) is 13.6 Å². The Morgan fingerprint density at radius 1 is 1.10 bits per heavy atom. The van der Waals surface area contributed by atoms with Crippen molar-refractivity contribution < 1.29 is 22.8 Å². The Morgan fingerprint density at radius 2 is 1.82 bits per heavy atom. The van der Waals surface area contributed by atoms with Crippen LogP contribution in [0.4, 0.5) is 13.2 Å². The van der Waals surface area contributed by atoms with Crippen molar-refractivity contribution in [3.8, 4) is 11.1 Å². The topological polar surface area (TPSA) is 174 Å². The fourth-order valence-electron chi connectivity index (χ4n) is 3.57. The number of amidine groups is 1. The van der Waals surface area contributed by atoms with Crippen LogP contribution in [0.3, 0.4) is 0 Å². The molecule has 1 aromatic heterocycles. The number of carbonyl (C=O) groups excluding carboxylic acids is 2. The van der Waals surface area contributed by atoms with Crippen LogP contribution in [0.25, 0.3) is 11.1 Å². The van der Waals surface area contributed by atoms with Gasteiger partial charge in [-0.25, -0.2) is 5.84 Å². The first-order valence-corrected chi connectivity index (χ1v) is 12.3. The Kier molecular flexibility index (Phi) is 12.0. The highest BCUT2D eigenvalue weighted by Gasteiger charge is 2.27. The normalized spacial score (nSPS) is 11.8. The molecular weight excluding hydrogens is 525 g/mol. The van der Waals surface area contributed by atoms with E-state index < -0.39 is 24.4 Å². The molecule has 1 aromatic carbocycles. The van der Waals surface area contributed by atoms with E-state index in [0.717, 1.165) is 0 Å². The Balaban J connectivity index is 1.81. The summed E-state index contributed by atoms with van der Waals surface area (Å²) in [7, 11) is 1.46. The lowest BCUT2D eigenvalue weighted by Gasteiger charge is -2.14. The number of carbonyl (C=O) groups is 2. The van der Waals surface area contributed by atoms with E-state index in [1.807, 2.05) is 0 Å². The van der Waals surface area contributed by atoms with Gasteiger partial charge in [0.15, 0.2) is 0 Å². The van der Waals surface area contributed by atoms with Gasteiger partial charge in [0.05, 0.1) is 18.5 Å². The molecule has 1 heterocycles. The van der Waals surface area contributed by atoms with Crippen molar-refractivity contribution in [2.24, 2.45) is 11.6 Å². The number of amides is 2. The van der Waals surface area contributed by atoms with Crippen LogP contribution in [0, 0.1) is 10.8 Å². The third-order valence-corrected chi connectivity index (χ3v) is 5.45. The lowest BCUT2D eigenvalue weighted by atomic mass is 10.0. The van der Waals surface area contributed by atoms with Gasteiger partial charge in [0.1, 0.15) is 11.5 Å². The van der Waals surface area contributed by atoms with Gasteiger partial charge in [0.25, 0.3) is 5.91 Å². The number of benzene rings is 1. The maximum absolute atomic E-state index is 12.7. The van der Waals surface area contributed by atoms with Gasteiger partial charge in [-0.1, -0.05) is 24.3 Å². The van der Waals surface area contributed by atoms with Crippen LogP contribution in [0.5, 0.6) is 0 Å². The molecule has 2 rings (SSSR count). The van der Waals surface area contributed by atoms with Crippen molar-refractivity contribution >= 4 is 23.4 Å². The summed E-state index contributed by atoms with van der Waals surface area (Å²) >= 11 is 0. The second-order valence-corrected chi connectivity index (χ2v) is 8.88. The molecule has 2 aromatic rings. The molecule has 0 fully saturated rings. The summed E-state index contributed by atoms with van der Waals surface area (Å²) in [5, 5.41) is 22.0. The number of nitrogens with one attached hydrogen (secondary N) is 4. The number of hydrogen-bond acceptors (Lipinski definition) is 8. The van der Waals surface area contributed by atoms with Crippen LogP contribution in [0.2, 0.25) is 0 Å². The first-order chi connectivity index (χ1) is 18.9. The standard InChI is InChI=1S/C27H33F3N8O2/c1-35-26(40)23(32)17-38(34)12-3-2-7-21(31)8-9-24(33)37-25(39)15-22-14-20(10-11-36-22)19-6-4-5-18(13-19)16-27(28,29)30/h4-6,8-11,13-14,17,31H,2-3,7,12,15-16,32,34H2,1H3,(H,35,40)(H2,33,37,39)/b9-8-,23-17-,31-21?. The zero-order valence-corrected chi connectivity index (χ0v) is 22.0. The maximum atomic E-state index is 12.7. The number of hydrogen-bond donors (Lipinski definition) is 6. The minimum Gasteiger partial charge on any atom is -0.393 e. The predicted molar refractivity (Wildman–Crippen MR) is 147 cm³/mol. The minimum absolute atomic E-state index is 0.0145. The lowest BCUT2D eigenvalue weighted by Crippen LogP contribution is -2.32. The molecule has 0 unspecified atom stereocenters. The molecular formula is C27H33F3N8O2. The van der Waals surface area contributed by atoms with E-state index in [2.05, 4.69) is 15.6 Å². The SMILES string of the molecule is CNC(=O)/C(N)=C/N(N)CCCCC(=N)/C=C\C(=N)NC(=O)Cc1cc(-c2cccc(CC(F)(F)F)c2)ccn1. The highest BCUT2D eigenvalue weighted by atomic mass is 19.4. The number of unbranched alkanes of at least 4 members (excludes halogenated alkanes) is 1. The van der Waals surface area contributed by atoms with E-state index in [0.29, 0.717) is 42.6 Å². The molecule has 214 valence electrons. The van der Waals surface area contributed by atoms with Crippen LogP contribution in [-0.4, -0.2) is 53.1 Å². The number of nitrogens with zero attached hydrogens (tertiary/aromatic N) is 2. The second kappa shape index (κ2) is 15.2. The molecule has 10 nitrogen and oxygen atoms in total. The van der Waals surface area contributed by atoms with Gasteiger partial charge >= 0.3 is 6.18 Å². The van der Waals surface area contributed by atoms with Crippen molar-refractivity contribution in [1.82, 2.24) is 20.6 Å². The van der Waals surface area contributed by atoms with E-state index in [-0.39, 0.29) is 29.2 Å². The summed E-state index contributed by atoms with van der Waals surface area (Å²) in [4.78, 5) is 27.9. The number of likely N-dealkylation sites (N-methyl/N-ethyl adjacent to an activating group) is 1. The molecule has 13 heteroatoms. The molecule has 2 amide bonds. The van der Waals surface area contributed by atoms with Crippen LogP contribution >= 0.6 is 0 Å². The molecule has 0 aliphatic carbocycles. The summed E-state index contributed by atoms with van der Waals surface area (Å²) < 4.78 is 38.2. The van der Waals surface area contributed by atoms with Gasteiger partial charge in [-0.15, -0.1) is 0 Å². The molecule has 0 saturated carbocycles. The molecule has 0 aliphatic heterocycles. The summed E-state index contributed by atoms with van der Waals surface area (Å²) in [5.74, 6) is 4.64. The van der Waals surface area contributed by atoms with E-state index in [1.54, 1.807) is 24.3 Å². The summed E-state index contributed by atoms with van der Waals surface area (Å²) in [6.45, 7) is 0.425. The van der Waals surface area contributed by atoms with E-state index in [1.165, 1.54) is 48.7 Å². The van der Waals surface area contributed by atoms with Crippen molar-refractivity contribution in [1.29, 1.82) is 10.8 Å². The molecule has 0 saturated heterocycles. The van der Waals surface area contributed by atoms with Gasteiger partial charge < -0.3 is 26.8 Å². The summed E-state index contributed by atoms with van der Waals surface area (Å²) in [6, 6.07) is 9.35. The molecule has 8 N–H and O–H groups in total. The highest BCUT2D eigenvalue weighted by Crippen LogP contribution is 2.25. The number of rotatable bonds is 13. The third-order valence-electron chi connectivity index (χ3n) is 5.45. The monoisotopic (exact) mass is 558 g/mol. The summed E-state index contributed by atoms with van der Waals surface area (Å²) in [5.41, 5.74) is 7.53. The average Bonchev–Trinajstić information content (AvgIpc) is 2.88. The summed E-state index contributed by atoms with van der Waals surface area (Å²) in [6.07, 6.45) is 1.72. The van der Waals surface area contributed by atoms with Crippen LogP contribution in [0.1, 0.15) is 30.5 Å². The molecule has 0 radical (unpaired) electrons. The quantitative estimate of drug-likeness (QED) is 0.0550. The average molecular weight is 559 g/mol. The molecule has 0 atom stereocenters. The van der Waals surface area contributed by atoms with E-state index in [4.69, 9.17) is 22.4 Å². The van der Waals surface area contributed by atoms with E-state index >= 15 is 0 Å². The van der Waals surface area contributed by atoms with Gasteiger partial charge in [-0.3, -0.25) is 20.0 Å². The Hall–Kier alpha value is -4.52. The van der Waals surface area contributed by atoms with E-state index in [9.17, 15) is 22.8 Å². The minimum atomic E-state index is -4.31. The second-order valence-electron chi connectivity index (χ2n) is 8.88. The smallest absolute Gasteiger partial charge is 0.393 e. The molecule has 0 spiro atoms. The zero-order valence-electron chi connectivity index (χ0n) is 22.0. The lowest BCUT2D eigenvalue weighted by molar-refractivity contribution is -0.127. The Morgan fingerprint density at radius 3 is 2.52 bits per heavy atom. The number of alkyl halides is 3.